The molecule has 0 unspecified atom stereocenters. The summed E-state index contributed by atoms with van der Waals surface area (Å²) < 4.78 is 49.2. The molecule has 0 aliphatic heterocycles. The second kappa shape index (κ2) is 8.49. The third-order valence-corrected chi connectivity index (χ3v) is 6.13. The van der Waals surface area contributed by atoms with Crippen molar-refractivity contribution >= 4 is 32.0 Å². The SMILES string of the molecule is NS(=O)(=O)NC1CCC(Nc2nonc2-c2noc(=O)n2-c2ccc(F)c(Br)c2)CC1. The minimum atomic E-state index is -3.75. The van der Waals surface area contributed by atoms with Crippen LogP contribution in [-0.2, 0) is 10.2 Å². The number of hydrogen-bond acceptors (Lipinski definition) is 9. The molecule has 2 heterocycles. The van der Waals surface area contributed by atoms with Crippen molar-refractivity contribution in [1.29, 1.82) is 0 Å². The smallest absolute Gasteiger partial charge is 0.363 e. The lowest BCUT2D eigenvalue weighted by atomic mass is 9.92. The number of hydrogen-bond donors (Lipinski definition) is 3. The van der Waals surface area contributed by atoms with Crippen LogP contribution in [0.25, 0.3) is 17.2 Å². The van der Waals surface area contributed by atoms with Gasteiger partial charge in [0, 0.05) is 12.1 Å². The Kier molecular flexibility index (Phi) is 5.92. The second-order valence-electron chi connectivity index (χ2n) is 7.02. The summed E-state index contributed by atoms with van der Waals surface area (Å²) in [5.41, 5.74) is 0.439. The van der Waals surface area contributed by atoms with Crippen molar-refractivity contribution in [3.05, 3.63) is 39.0 Å². The van der Waals surface area contributed by atoms with Crippen LogP contribution in [0.15, 0.2) is 36.6 Å². The van der Waals surface area contributed by atoms with Crippen LogP contribution in [-0.4, -0.2) is 40.5 Å². The van der Waals surface area contributed by atoms with Crippen molar-refractivity contribution in [2.24, 2.45) is 5.14 Å². The first-order valence-electron chi connectivity index (χ1n) is 9.15. The van der Waals surface area contributed by atoms with E-state index >= 15 is 0 Å². The summed E-state index contributed by atoms with van der Waals surface area (Å²) in [6, 6.07) is 3.70. The first kappa shape index (κ1) is 21.6. The Bertz CT molecular complexity index is 1250. The summed E-state index contributed by atoms with van der Waals surface area (Å²) in [5, 5.41) is 19.6. The van der Waals surface area contributed by atoms with Crippen molar-refractivity contribution in [2.75, 3.05) is 5.32 Å². The molecule has 0 bridgehead atoms. The van der Waals surface area contributed by atoms with Crippen LogP contribution >= 0.6 is 15.9 Å². The van der Waals surface area contributed by atoms with Crippen LogP contribution in [0, 0.1) is 5.82 Å². The van der Waals surface area contributed by atoms with E-state index in [9.17, 15) is 17.6 Å². The second-order valence-corrected chi connectivity index (χ2v) is 9.20. The molecule has 0 saturated heterocycles. The van der Waals surface area contributed by atoms with E-state index in [2.05, 4.69) is 41.4 Å². The zero-order valence-corrected chi connectivity index (χ0v) is 18.2. The largest absolute Gasteiger partial charge is 0.446 e. The van der Waals surface area contributed by atoms with E-state index in [1.54, 1.807) is 0 Å². The number of benzene rings is 1. The molecule has 1 aliphatic rings. The number of aromatic nitrogens is 4. The number of anilines is 1. The van der Waals surface area contributed by atoms with Gasteiger partial charge in [0.2, 0.25) is 11.6 Å². The van der Waals surface area contributed by atoms with Gasteiger partial charge in [-0.25, -0.2) is 23.5 Å². The summed E-state index contributed by atoms with van der Waals surface area (Å²) in [6.07, 6.45) is 2.42. The van der Waals surface area contributed by atoms with E-state index in [1.165, 1.54) is 18.2 Å². The van der Waals surface area contributed by atoms with E-state index in [4.69, 9.17) is 14.3 Å². The maximum atomic E-state index is 13.6. The fraction of sp³-hybridized carbons (Fsp3) is 0.375. The van der Waals surface area contributed by atoms with Crippen LogP contribution in [0.4, 0.5) is 10.2 Å². The molecule has 4 N–H and O–H groups in total. The molecule has 31 heavy (non-hydrogen) atoms. The molecular formula is C16H17BrFN7O5S. The summed E-state index contributed by atoms with van der Waals surface area (Å²) in [5.74, 6) is -1.02. The van der Waals surface area contributed by atoms with E-state index in [0.29, 0.717) is 31.4 Å². The molecule has 3 aromatic rings. The van der Waals surface area contributed by atoms with Gasteiger partial charge < -0.3 is 5.32 Å². The lowest BCUT2D eigenvalue weighted by molar-refractivity contribution is 0.308. The molecule has 0 amide bonds. The minimum Gasteiger partial charge on any atom is -0.363 e. The number of halogens is 2. The average Bonchev–Trinajstić information content (AvgIpc) is 3.30. The Morgan fingerprint density at radius 1 is 1.16 bits per heavy atom. The monoisotopic (exact) mass is 517 g/mol. The molecule has 2 aromatic heterocycles. The van der Waals surface area contributed by atoms with E-state index in [-0.39, 0.29) is 33.9 Å². The molecule has 166 valence electrons. The molecule has 0 spiro atoms. The van der Waals surface area contributed by atoms with E-state index < -0.39 is 21.8 Å². The molecule has 0 radical (unpaired) electrons. The van der Waals surface area contributed by atoms with Crippen molar-refractivity contribution in [1.82, 2.24) is 24.8 Å². The maximum absolute atomic E-state index is 13.6. The van der Waals surface area contributed by atoms with Crippen LogP contribution in [0.3, 0.4) is 0 Å². The summed E-state index contributed by atoms with van der Waals surface area (Å²) in [4.78, 5) is 12.2. The van der Waals surface area contributed by atoms with Crippen molar-refractivity contribution < 1.29 is 22.0 Å². The van der Waals surface area contributed by atoms with Gasteiger partial charge in [0.25, 0.3) is 10.2 Å². The highest BCUT2D eigenvalue weighted by Gasteiger charge is 2.27. The number of nitrogens with two attached hydrogens (primary N) is 1. The zero-order chi connectivity index (χ0) is 22.2. The predicted molar refractivity (Wildman–Crippen MR) is 109 cm³/mol. The predicted octanol–water partition coefficient (Wildman–Crippen LogP) is 1.29. The number of rotatable bonds is 6. The quantitative estimate of drug-likeness (QED) is 0.435. The van der Waals surface area contributed by atoms with Crippen LogP contribution in [0.1, 0.15) is 25.7 Å². The van der Waals surface area contributed by atoms with Gasteiger partial charge in [-0.2, -0.15) is 13.1 Å². The Morgan fingerprint density at radius 3 is 2.55 bits per heavy atom. The van der Waals surface area contributed by atoms with E-state index in [1.807, 2.05) is 0 Å². The van der Waals surface area contributed by atoms with E-state index in [0.717, 1.165) is 4.57 Å². The highest BCUT2D eigenvalue weighted by molar-refractivity contribution is 9.10. The van der Waals surface area contributed by atoms with Crippen LogP contribution in [0.2, 0.25) is 0 Å². The van der Waals surface area contributed by atoms with Gasteiger partial charge in [0.05, 0.1) is 10.2 Å². The van der Waals surface area contributed by atoms with Gasteiger partial charge in [-0.15, -0.1) is 0 Å². The fourth-order valence-corrected chi connectivity index (χ4v) is 4.53. The van der Waals surface area contributed by atoms with Crippen molar-refractivity contribution in [3.63, 3.8) is 0 Å². The van der Waals surface area contributed by atoms with Crippen LogP contribution < -0.4 is 20.9 Å². The first-order chi connectivity index (χ1) is 14.7. The molecule has 1 aromatic carbocycles. The fourth-order valence-electron chi connectivity index (χ4n) is 3.46. The minimum absolute atomic E-state index is 0.0248. The van der Waals surface area contributed by atoms with Crippen molar-refractivity contribution in [2.45, 2.75) is 37.8 Å². The molecule has 15 heteroatoms. The summed E-state index contributed by atoms with van der Waals surface area (Å²) >= 11 is 3.08. The topological polar surface area (TPSA) is 171 Å². The highest BCUT2D eigenvalue weighted by Crippen LogP contribution is 2.29. The number of nitrogens with zero attached hydrogens (tertiary/aromatic N) is 4. The van der Waals surface area contributed by atoms with Gasteiger partial charge in [0.15, 0.2) is 5.69 Å². The van der Waals surface area contributed by atoms with Crippen molar-refractivity contribution in [3.8, 4) is 17.2 Å². The van der Waals surface area contributed by atoms with Gasteiger partial charge in [-0.3, -0.25) is 4.52 Å². The summed E-state index contributed by atoms with van der Waals surface area (Å²) in [7, 11) is -3.75. The third-order valence-electron chi connectivity index (χ3n) is 4.87. The van der Waals surface area contributed by atoms with Gasteiger partial charge in [0.1, 0.15) is 5.82 Å². The third kappa shape index (κ3) is 4.84. The molecule has 1 aliphatic carbocycles. The lowest BCUT2D eigenvalue weighted by Gasteiger charge is -2.28. The molecule has 12 nitrogen and oxygen atoms in total. The average molecular weight is 518 g/mol. The molecule has 1 fully saturated rings. The Balaban J connectivity index is 1.55. The Morgan fingerprint density at radius 2 is 1.87 bits per heavy atom. The maximum Gasteiger partial charge on any atom is 0.446 e. The van der Waals surface area contributed by atoms with Crippen LogP contribution in [0.5, 0.6) is 0 Å². The number of nitrogens with one attached hydrogen (secondary N) is 2. The molecule has 4 rings (SSSR count). The Labute approximate surface area is 183 Å². The van der Waals surface area contributed by atoms with Gasteiger partial charge in [-0.1, -0.05) is 5.16 Å². The normalized spacial score (nSPS) is 19.5. The standard InChI is InChI=1S/C16H17BrFN7O5S/c17-11-7-10(5-6-12(11)18)25-15(23-29-16(25)26)13-14(22-30-21-13)20-8-1-3-9(4-2-8)24-31(19,27)28/h5-9,24H,1-4H2,(H,20,22)(H2,19,27,28). The molecule has 0 atom stereocenters. The zero-order valence-electron chi connectivity index (χ0n) is 15.8. The van der Waals surface area contributed by atoms with Gasteiger partial charge >= 0.3 is 5.76 Å². The Hall–Kier alpha value is -2.62. The molecular weight excluding hydrogens is 501 g/mol. The highest BCUT2D eigenvalue weighted by atomic mass is 79.9. The molecule has 1 saturated carbocycles. The van der Waals surface area contributed by atoms with Gasteiger partial charge in [-0.05, 0) is 70.1 Å². The first-order valence-corrected chi connectivity index (χ1v) is 11.5. The lowest BCUT2D eigenvalue weighted by Crippen LogP contribution is -2.43. The summed E-state index contributed by atoms with van der Waals surface area (Å²) in [6.45, 7) is 0.